The van der Waals surface area contributed by atoms with Gasteiger partial charge in [0.25, 0.3) is 0 Å². The molecule has 0 saturated heterocycles. The van der Waals surface area contributed by atoms with E-state index in [1.807, 2.05) is 13.8 Å². The first-order valence-corrected chi connectivity index (χ1v) is 3.32. The summed E-state index contributed by atoms with van der Waals surface area (Å²) in [5.74, 6) is -0.336. The maximum atomic E-state index is 12.1. The van der Waals surface area contributed by atoms with Gasteiger partial charge in [0.2, 0.25) is 0 Å². The highest BCUT2D eigenvalue weighted by Gasteiger charge is 1.81. The zero-order chi connectivity index (χ0) is 8.57. The Balaban J connectivity index is 0. The van der Waals surface area contributed by atoms with Crippen LogP contribution in [0.1, 0.15) is 20.8 Å². The van der Waals surface area contributed by atoms with E-state index >= 15 is 0 Å². The van der Waals surface area contributed by atoms with Gasteiger partial charge >= 0.3 is 0 Å². The van der Waals surface area contributed by atoms with E-state index in [-0.39, 0.29) is 5.83 Å². The molecule has 0 aromatic rings. The first kappa shape index (κ1) is 11.9. The van der Waals surface area contributed by atoms with Crippen molar-refractivity contribution in [1.29, 1.82) is 0 Å². The van der Waals surface area contributed by atoms with Crippen molar-refractivity contribution >= 4 is 0 Å². The van der Waals surface area contributed by atoms with Crippen LogP contribution in [0.15, 0.2) is 36.7 Å². The molecular formula is C9H15F. The van der Waals surface area contributed by atoms with Crippen LogP contribution in [-0.4, -0.2) is 0 Å². The van der Waals surface area contributed by atoms with Crippen molar-refractivity contribution in [2.75, 3.05) is 0 Å². The van der Waals surface area contributed by atoms with E-state index in [9.17, 15) is 4.39 Å². The van der Waals surface area contributed by atoms with Crippen LogP contribution in [0, 0.1) is 0 Å². The van der Waals surface area contributed by atoms with Crippen molar-refractivity contribution in [3.63, 3.8) is 0 Å². The van der Waals surface area contributed by atoms with Gasteiger partial charge in [0.05, 0.1) is 0 Å². The van der Waals surface area contributed by atoms with E-state index in [0.29, 0.717) is 5.57 Å². The largest absolute Gasteiger partial charge is 0.207 e. The SMILES string of the molecule is C=C/C(F)=C\C(=C)C.CC. The van der Waals surface area contributed by atoms with Gasteiger partial charge < -0.3 is 0 Å². The molecule has 0 aliphatic carbocycles. The second kappa shape index (κ2) is 8.15. The molecule has 0 bridgehead atoms. The topological polar surface area (TPSA) is 0 Å². The van der Waals surface area contributed by atoms with Gasteiger partial charge in [-0.15, -0.1) is 0 Å². The predicted octanol–water partition coefficient (Wildman–Crippen LogP) is 3.63. The van der Waals surface area contributed by atoms with Crippen molar-refractivity contribution in [3.05, 3.63) is 36.7 Å². The first-order chi connectivity index (χ1) is 4.66. The molecule has 0 heterocycles. The van der Waals surface area contributed by atoms with Gasteiger partial charge in [-0.05, 0) is 19.1 Å². The van der Waals surface area contributed by atoms with Crippen LogP contribution < -0.4 is 0 Å². The van der Waals surface area contributed by atoms with Crippen LogP contribution in [0.2, 0.25) is 0 Å². The molecule has 1 heteroatoms. The van der Waals surface area contributed by atoms with E-state index in [0.717, 1.165) is 6.08 Å². The number of hydrogen-bond donors (Lipinski definition) is 0. The lowest BCUT2D eigenvalue weighted by molar-refractivity contribution is 0.666. The molecule has 0 saturated carbocycles. The molecule has 58 valence electrons. The van der Waals surface area contributed by atoms with Crippen LogP contribution in [0.4, 0.5) is 4.39 Å². The lowest BCUT2D eigenvalue weighted by atomic mass is 10.3. The van der Waals surface area contributed by atoms with Crippen molar-refractivity contribution in [3.8, 4) is 0 Å². The lowest BCUT2D eigenvalue weighted by Gasteiger charge is -1.83. The molecule has 0 atom stereocenters. The van der Waals surface area contributed by atoms with Crippen LogP contribution in [0.3, 0.4) is 0 Å². The third kappa shape index (κ3) is 10.2. The van der Waals surface area contributed by atoms with Crippen LogP contribution >= 0.6 is 0 Å². The van der Waals surface area contributed by atoms with Gasteiger partial charge in [-0.25, -0.2) is 4.39 Å². The van der Waals surface area contributed by atoms with E-state index in [4.69, 9.17) is 0 Å². The number of rotatable bonds is 2. The molecule has 0 aliphatic heterocycles. The molecule has 0 rings (SSSR count). The molecule has 0 aliphatic rings. The molecule has 0 fully saturated rings. The van der Waals surface area contributed by atoms with E-state index in [1.165, 1.54) is 6.08 Å². The Morgan fingerprint density at radius 1 is 1.40 bits per heavy atom. The van der Waals surface area contributed by atoms with E-state index in [2.05, 4.69) is 13.2 Å². The number of halogens is 1. The summed E-state index contributed by atoms with van der Waals surface area (Å²) in [4.78, 5) is 0. The number of allylic oxidation sites excluding steroid dienone is 4. The van der Waals surface area contributed by atoms with Gasteiger partial charge in [0.15, 0.2) is 0 Å². The minimum absolute atomic E-state index is 0.336. The predicted molar refractivity (Wildman–Crippen MR) is 45.6 cm³/mol. The summed E-state index contributed by atoms with van der Waals surface area (Å²) in [5, 5.41) is 0. The van der Waals surface area contributed by atoms with Gasteiger partial charge in [0, 0.05) is 0 Å². The average molecular weight is 142 g/mol. The first-order valence-electron chi connectivity index (χ1n) is 3.32. The fraction of sp³-hybridized carbons (Fsp3) is 0.333. The maximum Gasteiger partial charge on any atom is 0.122 e. The Morgan fingerprint density at radius 2 is 1.80 bits per heavy atom. The zero-order valence-electron chi connectivity index (χ0n) is 6.95. The molecular weight excluding hydrogens is 127 g/mol. The molecule has 0 spiro atoms. The second-order valence-electron chi connectivity index (χ2n) is 1.58. The van der Waals surface area contributed by atoms with Crippen molar-refractivity contribution in [2.24, 2.45) is 0 Å². The summed E-state index contributed by atoms with van der Waals surface area (Å²) in [6.07, 6.45) is 2.47. The Morgan fingerprint density at radius 3 is 1.90 bits per heavy atom. The molecule has 0 radical (unpaired) electrons. The standard InChI is InChI=1S/C7H9F.C2H6/c1-4-7(8)5-6(2)3;1-2/h4-5H,1-2H2,3H3;1-2H3/b7-5+;. The summed E-state index contributed by atoms with van der Waals surface area (Å²) in [5.41, 5.74) is 0.697. The molecule has 0 aromatic heterocycles. The molecule has 10 heavy (non-hydrogen) atoms. The van der Waals surface area contributed by atoms with Crippen LogP contribution in [-0.2, 0) is 0 Å². The summed E-state index contributed by atoms with van der Waals surface area (Å²) < 4.78 is 12.1. The monoisotopic (exact) mass is 142 g/mol. The normalized spacial score (nSPS) is 9.40. The van der Waals surface area contributed by atoms with Crippen LogP contribution in [0.5, 0.6) is 0 Å². The van der Waals surface area contributed by atoms with E-state index in [1.54, 1.807) is 6.92 Å². The average Bonchev–Trinajstić information content (AvgIpc) is 1.91. The number of hydrogen-bond acceptors (Lipinski definition) is 0. The molecule has 0 amide bonds. The molecule has 0 aromatic carbocycles. The maximum absolute atomic E-state index is 12.1. The Hall–Kier alpha value is -0.850. The van der Waals surface area contributed by atoms with Crippen molar-refractivity contribution < 1.29 is 4.39 Å². The van der Waals surface area contributed by atoms with Gasteiger partial charge in [-0.3, -0.25) is 0 Å². The summed E-state index contributed by atoms with van der Waals surface area (Å²) in [6, 6.07) is 0. The fourth-order valence-corrected chi connectivity index (χ4v) is 0.294. The zero-order valence-corrected chi connectivity index (χ0v) is 6.95. The lowest BCUT2D eigenvalue weighted by Crippen LogP contribution is -1.64. The van der Waals surface area contributed by atoms with Crippen molar-refractivity contribution in [2.45, 2.75) is 20.8 Å². The second-order valence-corrected chi connectivity index (χ2v) is 1.58. The highest BCUT2D eigenvalue weighted by atomic mass is 19.1. The van der Waals surface area contributed by atoms with Gasteiger partial charge in [0.1, 0.15) is 5.83 Å². The van der Waals surface area contributed by atoms with Crippen LogP contribution in [0.25, 0.3) is 0 Å². The molecule has 0 N–H and O–H groups in total. The minimum atomic E-state index is -0.336. The Bertz CT molecular complexity index is 132. The summed E-state index contributed by atoms with van der Waals surface area (Å²) in [7, 11) is 0. The molecule has 0 unspecified atom stereocenters. The highest BCUT2D eigenvalue weighted by molar-refractivity contribution is 5.20. The third-order valence-corrected chi connectivity index (χ3v) is 0.579. The Kier molecular flexibility index (Phi) is 9.69. The minimum Gasteiger partial charge on any atom is -0.207 e. The fourth-order valence-electron chi connectivity index (χ4n) is 0.294. The Labute approximate surface area is 62.8 Å². The quantitative estimate of drug-likeness (QED) is 0.516. The molecule has 0 nitrogen and oxygen atoms in total. The van der Waals surface area contributed by atoms with Crippen molar-refractivity contribution in [1.82, 2.24) is 0 Å². The van der Waals surface area contributed by atoms with Gasteiger partial charge in [-0.1, -0.05) is 32.6 Å². The van der Waals surface area contributed by atoms with Gasteiger partial charge in [-0.2, -0.15) is 0 Å². The van der Waals surface area contributed by atoms with E-state index < -0.39 is 0 Å². The summed E-state index contributed by atoms with van der Waals surface area (Å²) in [6.45, 7) is 12.4. The highest BCUT2D eigenvalue weighted by Crippen LogP contribution is 2.00. The summed E-state index contributed by atoms with van der Waals surface area (Å²) >= 11 is 0. The third-order valence-electron chi connectivity index (χ3n) is 0.579. The smallest absolute Gasteiger partial charge is 0.122 e.